The monoisotopic (exact) mass is 338 g/mol. The number of rotatable bonds is 15. The lowest BCUT2D eigenvalue weighted by Crippen LogP contribution is -2.29. The van der Waals surface area contributed by atoms with Gasteiger partial charge in [-0.1, -0.05) is 43.6 Å². The van der Waals surface area contributed by atoms with Crippen molar-refractivity contribution in [1.82, 2.24) is 10.9 Å². The summed E-state index contributed by atoms with van der Waals surface area (Å²) >= 11 is 0. The molecule has 0 fully saturated rings. The third-order valence-electron chi connectivity index (χ3n) is 3.73. The van der Waals surface area contributed by atoms with Crippen molar-refractivity contribution in [2.45, 2.75) is 77.0 Å². The van der Waals surface area contributed by atoms with Gasteiger partial charge in [0.05, 0.1) is 0 Å². The Labute approximate surface area is 146 Å². The van der Waals surface area contributed by atoms with Gasteiger partial charge in [0.25, 0.3) is 0 Å². The fourth-order valence-corrected chi connectivity index (χ4v) is 2.28. The van der Waals surface area contributed by atoms with Crippen LogP contribution in [0.2, 0.25) is 0 Å². The lowest BCUT2D eigenvalue weighted by Gasteiger charge is -1.99. The van der Waals surface area contributed by atoms with Gasteiger partial charge in [0.1, 0.15) is 0 Å². The van der Waals surface area contributed by atoms with Crippen LogP contribution in [0.1, 0.15) is 77.0 Å². The number of allylic oxidation sites excluding steroid dienone is 4. The first-order chi connectivity index (χ1) is 11.7. The van der Waals surface area contributed by atoms with Crippen LogP contribution in [0.25, 0.3) is 0 Å². The maximum atomic E-state index is 10.9. The third kappa shape index (κ3) is 16.7. The third-order valence-corrected chi connectivity index (χ3v) is 3.73. The molecule has 6 N–H and O–H groups in total. The van der Waals surface area contributed by atoms with Crippen LogP contribution >= 0.6 is 0 Å². The summed E-state index contributed by atoms with van der Waals surface area (Å²) in [4.78, 5) is 21.8. The molecule has 0 aliphatic heterocycles. The largest absolute Gasteiger partial charge is 0.294 e. The molecule has 0 rings (SSSR count). The molecule has 6 heteroatoms. The minimum absolute atomic E-state index is 0.0808. The highest BCUT2D eigenvalue weighted by Gasteiger charge is 1.97. The molecular formula is C18H34N4O2. The SMILES string of the molecule is NNC(=O)CCCCC/C=C/C/C=C/CCCCCCC(=O)NN. The van der Waals surface area contributed by atoms with Gasteiger partial charge in [-0.25, -0.2) is 11.7 Å². The first-order valence-corrected chi connectivity index (χ1v) is 8.99. The van der Waals surface area contributed by atoms with E-state index >= 15 is 0 Å². The van der Waals surface area contributed by atoms with E-state index in [1.807, 2.05) is 0 Å². The fourth-order valence-electron chi connectivity index (χ4n) is 2.28. The molecule has 0 unspecified atom stereocenters. The predicted molar refractivity (Wildman–Crippen MR) is 98.3 cm³/mol. The Kier molecular flexibility index (Phi) is 16.5. The summed E-state index contributed by atoms with van der Waals surface area (Å²) in [5.74, 6) is 9.86. The molecule has 0 radical (unpaired) electrons. The summed E-state index contributed by atoms with van der Waals surface area (Å²) in [5, 5.41) is 0. The zero-order chi connectivity index (χ0) is 17.9. The van der Waals surface area contributed by atoms with E-state index in [1.54, 1.807) is 0 Å². The molecule has 0 atom stereocenters. The molecule has 0 aromatic heterocycles. The number of amides is 2. The van der Waals surface area contributed by atoms with Crippen molar-refractivity contribution in [3.63, 3.8) is 0 Å². The van der Waals surface area contributed by atoms with Gasteiger partial charge < -0.3 is 0 Å². The number of nitrogens with two attached hydrogens (primary N) is 2. The van der Waals surface area contributed by atoms with Crippen LogP contribution < -0.4 is 22.5 Å². The van der Waals surface area contributed by atoms with Crippen molar-refractivity contribution in [2.75, 3.05) is 0 Å². The number of hydrogen-bond donors (Lipinski definition) is 4. The highest BCUT2D eigenvalue weighted by molar-refractivity contribution is 5.75. The Morgan fingerprint density at radius 1 is 0.625 bits per heavy atom. The molecule has 0 saturated carbocycles. The van der Waals surface area contributed by atoms with Gasteiger partial charge in [-0.05, 0) is 44.9 Å². The summed E-state index contributed by atoms with van der Waals surface area (Å²) in [6, 6.07) is 0. The van der Waals surface area contributed by atoms with Crippen LogP contribution in [0.3, 0.4) is 0 Å². The standard InChI is InChI=1S/C18H34N4O2/c19-21-17(23)15-13-11-9-7-5-3-1-2-4-6-8-10-12-14-16-18(24)22-20/h1,3-4,6H,2,5,7-16,19-20H2,(H,21,23)(H,22,24)/b3-1+,6-4+. The van der Waals surface area contributed by atoms with Crippen LogP contribution in [-0.4, -0.2) is 11.8 Å². The van der Waals surface area contributed by atoms with Crippen molar-refractivity contribution in [1.29, 1.82) is 0 Å². The molecule has 0 aromatic rings. The summed E-state index contributed by atoms with van der Waals surface area (Å²) in [7, 11) is 0. The van der Waals surface area contributed by atoms with E-state index in [0.29, 0.717) is 12.8 Å². The second-order valence-corrected chi connectivity index (χ2v) is 5.87. The molecular weight excluding hydrogens is 304 g/mol. The molecule has 0 bridgehead atoms. The average molecular weight is 338 g/mol. The van der Waals surface area contributed by atoms with E-state index < -0.39 is 0 Å². The molecule has 0 aromatic carbocycles. The Hall–Kier alpha value is -1.66. The summed E-state index contributed by atoms with van der Waals surface area (Å²) in [5.41, 5.74) is 4.28. The topological polar surface area (TPSA) is 110 Å². The van der Waals surface area contributed by atoms with Gasteiger partial charge in [-0.2, -0.15) is 0 Å². The van der Waals surface area contributed by atoms with Crippen LogP contribution in [0.4, 0.5) is 0 Å². The quantitative estimate of drug-likeness (QED) is 0.121. The van der Waals surface area contributed by atoms with E-state index in [1.165, 1.54) is 6.42 Å². The highest BCUT2D eigenvalue weighted by atomic mass is 16.2. The minimum atomic E-state index is -0.0864. The second-order valence-electron chi connectivity index (χ2n) is 5.87. The molecule has 2 amide bonds. The van der Waals surface area contributed by atoms with E-state index in [4.69, 9.17) is 11.7 Å². The van der Waals surface area contributed by atoms with Crippen LogP contribution in [0.15, 0.2) is 24.3 Å². The van der Waals surface area contributed by atoms with Gasteiger partial charge in [0.15, 0.2) is 0 Å². The minimum Gasteiger partial charge on any atom is -0.294 e. The number of carbonyl (C=O) groups is 2. The average Bonchev–Trinajstić information content (AvgIpc) is 2.60. The predicted octanol–water partition coefficient (Wildman–Crippen LogP) is 2.76. The zero-order valence-corrected chi connectivity index (χ0v) is 14.8. The normalized spacial score (nSPS) is 11.2. The van der Waals surface area contributed by atoms with Gasteiger partial charge in [-0.15, -0.1) is 0 Å². The lowest BCUT2D eigenvalue weighted by atomic mass is 10.1. The van der Waals surface area contributed by atoms with Gasteiger partial charge in [0.2, 0.25) is 11.8 Å². The van der Waals surface area contributed by atoms with Crippen molar-refractivity contribution in [3.05, 3.63) is 24.3 Å². The molecule has 0 heterocycles. The molecule has 138 valence electrons. The van der Waals surface area contributed by atoms with Gasteiger partial charge in [-0.3, -0.25) is 20.4 Å². The Bertz CT molecular complexity index is 381. The molecule has 0 saturated heterocycles. The fraction of sp³-hybridized carbons (Fsp3) is 0.667. The zero-order valence-electron chi connectivity index (χ0n) is 14.8. The van der Waals surface area contributed by atoms with Gasteiger partial charge in [0, 0.05) is 12.8 Å². The Balaban J connectivity index is 3.28. The van der Waals surface area contributed by atoms with Crippen LogP contribution in [-0.2, 0) is 9.59 Å². The van der Waals surface area contributed by atoms with Crippen molar-refractivity contribution in [3.8, 4) is 0 Å². The van der Waals surface area contributed by atoms with Crippen LogP contribution in [0, 0.1) is 0 Å². The first kappa shape index (κ1) is 22.3. The maximum absolute atomic E-state index is 10.9. The van der Waals surface area contributed by atoms with E-state index in [9.17, 15) is 9.59 Å². The maximum Gasteiger partial charge on any atom is 0.233 e. The summed E-state index contributed by atoms with van der Waals surface area (Å²) < 4.78 is 0. The van der Waals surface area contributed by atoms with Crippen molar-refractivity contribution < 1.29 is 9.59 Å². The number of carbonyl (C=O) groups excluding carboxylic acids is 2. The number of hydrazine groups is 2. The number of unbranched alkanes of at least 4 members (excludes halogenated alkanes) is 7. The summed E-state index contributed by atoms with van der Waals surface area (Å²) in [6.07, 6.45) is 20.4. The Morgan fingerprint density at radius 3 is 1.50 bits per heavy atom. The Morgan fingerprint density at radius 2 is 1.04 bits per heavy atom. The molecule has 6 nitrogen and oxygen atoms in total. The van der Waals surface area contributed by atoms with E-state index in [0.717, 1.165) is 57.8 Å². The molecule has 24 heavy (non-hydrogen) atoms. The van der Waals surface area contributed by atoms with Gasteiger partial charge >= 0.3 is 0 Å². The van der Waals surface area contributed by atoms with E-state index in [2.05, 4.69) is 35.2 Å². The molecule has 0 aliphatic rings. The van der Waals surface area contributed by atoms with Crippen molar-refractivity contribution in [2.24, 2.45) is 11.7 Å². The van der Waals surface area contributed by atoms with Crippen molar-refractivity contribution >= 4 is 11.8 Å². The lowest BCUT2D eigenvalue weighted by molar-refractivity contribution is -0.122. The molecule has 0 spiro atoms. The number of hydrogen-bond acceptors (Lipinski definition) is 4. The van der Waals surface area contributed by atoms with Crippen LogP contribution in [0.5, 0.6) is 0 Å². The first-order valence-electron chi connectivity index (χ1n) is 8.99. The molecule has 0 aliphatic carbocycles. The highest BCUT2D eigenvalue weighted by Crippen LogP contribution is 2.07. The smallest absolute Gasteiger partial charge is 0.233 e. The summed E-state index contributed by atoms with van der Waals surface area (Å²) in [6.45, 7) is 0. The van der Waals surface area contributed by atoms with E-state index in [-0.39, 0.29) is 11.8 Å². The number of nitrogens with one attached hydrogen (secondary N) is 2. The second kappa shape index (κ2) is 17.7.